The second kappa shape index (κ2) is 25.9. The first kappa shape index (κ1) is 60.1. The fourth-order valence-corrected chi connectivity index (χ4v) is 21.3. The number of aromatic nitrogens is 1. The summed E-state index contributed by atoms with van der Waals surface area (Å²) in [4.78, 5) is 3.39. The van der Waals surface area contributed by atoms with Crippen LogP contribution in [0.15, 0.2) is 132 Å². The van der Waals surface area contributed by atoms with Crippen molar-refractivity contribution in [1.29, 1.82) is 0 Å². The zero-order valence-corrected chi connectivity index (χ0v) is 51.6. The highest BCUT2D eigenvalue weighted by Crippen LogP contribution is 2.63. The van der Waals surface area contributed by atoms with E-state index in [1.165, 1.54) is 47.9 Å². The van der Waals surface area contributed by atoms with E-state index in [4.69, 9.17) is 10.5 Å². The van der Waals surface area contributed by atoms with Crippen LogP contribution in [-0.4, -0.2) is 103 Å². The van der Waals surface area contributed by atoms with Crippen LogP contribution in [0.4, 0.5) is 0 Å². The first-order valence-corrected chi connectivity index (χ1v) is 35.2. The number of benzene rings is 3. The van der Waals surface area contributed by atoms with Gasteiger partial charge < -0.3 is 56.5 Å². The van der Waals surface area contributed by atoms with E-state index in [-0.39, 0.29) is 72.1 Å². The van der Waals surface area contributed by atoms with Gasteiger partial charge in [-0.3, -0.25) is 0 Å². The summed E-state index contributed by atoms with van der Waals surface area (Å²) in [6, 6.07) is 28.0. The Hall–Kier alpha value is -4.88. The number of fused-ring (bicyclic) bond motifs is 11. The standard InChI is InChI=1S/C73H91N3O8S2/c1-2-42-27-48-32-65(81)67(84-68-33-49(28-51-16-10-25-75-51)54-23-26-76-72(74)62(54)41-86-85-40-50(38-77)71(68)83)35-57(48)59-34-66(82)69-47(31-56(42)59)22-24-73(36-52(79)19-21-64(69)80)37-61(43-11-4-3-5-12-43)60-30-46-15-7-6-14-45(46)29-58-53-17-9-8-13-44(53)18-20-55(58)70(60)63(73)39-78/h3-7,10-12,14-16,18,20,23,25,31-32,35,42,44,47,49-50,52-53,55,58-61,63-64,66,68-71,75-83H,2,8-9,13,17,19,21,26-30,33-34,36-41,74H2,1H3. The van der Waals surface area contributed by atoms with Crippen LogP contribution in [0.1, 0.15) is 123 Å². The number of H-pyrrole nitrogens is 1. The summed E-state index contributed by atoms with van der Waals surface area (Å²) in [5.41, 5.74) is 16.3. The molecular weight excluding hydrogens is 1110 g/mol. The maximum atomic E-state index is 12.9. The Morgan fingerprint density at radius 1 is 0.779 bits per heavy atom. The molecule has 11 nitrogen and oxygen atoms in total. The van der Waals surface area contributed by atoms with Crippen molar-refractivity contribution in [2.45, 2.75) is 146 Å². The minimum atomic E-state index is -1.08. The number of nitrogens with one attached hydrogen (secondary N) is 2. The van der Waals surface area contributed by atoms with Gasteiger partial charge in [0.1, 0.15) is 11.9 Å². The van der Waals surface area contributed by atoms with Gasteiger partial charge in [-0.2, -0.15) is 0 Å². The third-order valence-corrected chi connectivity index (χ3v) is 25.4. The highest BCUT2D eigenvalue weighted by atomic mass is 33.1. The van der Waals surface area contributed by atoms with Crippen molar-refractivity contribution in [2.24, 2.45) is 82.2 Å². The van der Waals surface area contributed by atoms with Gasteiger partial charge in [0.25, 0.3) is 0 Å². The summed E-state index contributed by atoms with van der Waals surface area (Å²) in [5.74, 6) is 9.85. The number of hydrogen-bond acceptors (Lipinski definition) is 12. The molecule has 13 rings (SSSR count). The van der Waals surface area contributed by atoms with E-state index in [0.717, 1.165) is 47.2 Å². The highest BCUT2D eigenvalue weighted by Gasteiger charge is 2.58. The van der Waals surface area contributed by atoms with Crippen LogP contribution in [0, 0.1) is 88.3 Å². The van der Waals surface area contributed by atoms with E-state index < -0.39 is 53.7 Å². The Bertz CT molecular complexity index is 3230. The van der Waals surface area contributed by atoms with Gasteiger partial charge in [0.05, 0.1) is 24.4 Å². The number of ether oxygens (including phenoxy) is 1. The minimum Gasteiger partial charge on any atom is -0.504 e. The maximum absolute atomic E-state index is 12.9. The average molecular weight is 1200 g/mol. The highest BCUT2D eigenvalue weighted by molar-refractivity contribution is 8.76. The van der Waals surface area contributed by atoms with Crippen molar-refractivity contribution in [2.75, 3.05) is 31.3 Å². The van der Waals surface area contributed by atoms with Gasteiger partial charge in [0.2, 0.25) is 0 Å². The van der Waals surface area contributed by atoms with E-state index >= 15 is 0 Å². The molecule has 3 fully saturated rings. The lowest BCUT2D eigenvalue weighted by Crippen LogP contribution is -2.55. The number of nitrogens with two attached hydrogens (primary N) is 1. The normalized spacial score (nSPS) is 37.9. The molecule has 458 valence electrons. The van der Waals surface area contributed by atoms with E-state index in [1.807, 2.05) is 24.4 Å². The Labute approximate surface area is 517 Å². The molecule has 2 saturated carbocycles. The van der Waals surface area contributed by atoms with Gasteiger partial charge in [-0.15, -0.1) is 0 Å². The Kier molecular flexibility index (Phi) is 18.1. The molecule has 4 aromatic rings. The Morgan fingerprint density at radius 3 is 2.36 bits per heavy atom. The molecule has 3 heterocycles. The largest absolute Gasteiger partial charge is 0.504 e. The van der Waals surface area contributed by atoms with Gasteiger partial charge in [0.15, 0.2) is 11.5 Å². The number of allylic oxidation sites excluding steroid dienone is 5. The molecule has 7 aliphatic carbocycles. The maximum Gasteiger partial charge on any atom is 0.161 e. The van der Waals surface area contributed by atoms with E-state index in [1.54, 1.807) is 21.6 Å². The van der Waals surface area contributed by atoms with Crippen LogP contribution in [0.2, 0.25) is 0 Å². The topological polar surface area (TPSA) is 205 Å². The smallest absolute Gasteiger partial charge is 0.161 e. The first-order valence-electron chi connectivity index (χ1n) is 32.7. The molecule has 1 aromatic heterocycles. The van der Waals surface area contributed by atoms with Crippen LogP contribution >= 0.6 is 21.6 Å². The zero-order valence-electron chi connectivity index (χ0n) is 49.9. The van der Waals surface area contributed by atoms with Crippen LogP contribution < -0.4 is 15.8 Å². The zero-order chi connectivity index (χ0) is 59.2. The van der Waals surface area contributed by atoms with Crippen molar-refractivity contribution in [3.63, 3.8) is 0 Å². The van der Waals surface area contributed by atoms with Crippen molar-refractivity contribution in [1.82, 2.24) is 10.3 Å². The quantitative estimate of drug-likeness (QED) is 0.0455. The average Bonchev–Trinajstić information content (AvgIpc) is 0.802. The fraction of sp³-hybridized carbons (Fsp3) is 0.562. The van der Waals surface area contributed by atoms with Crippen molar-refractivity contribution in [3.05, 3.63) is 165 Å². The molecule has 20 atom stereocenters. The molecule has 13 heteroatoms. The minimum absolute atomic E-state index is 0.0256. The van der Waals surface area contributed by atoms with Crippen LogP contribution in [0.5, 0.6) is 11.5 Å². The summed E-state index contributed by atoms with van der Waals surface area (Å²) < 4.78 is 7.03. The SMILES string of the molecule is CCC1Cc2cc(O)c(OC3CC(Cc4ccc[nH]4)C4=CCNC(N)=C4CSSCC(CO)C3O)cc2C2CC(O)C3C(C#CC4(CC(O)CCC3O)CC(c3ccccc3)C3Cc5ccccc5CC5C(C=CC6CCCCC65)C3C4CO)C=C12. The number of aromatic hydroxyl groups is 1. The van der Waals surface area contributed by atoms with Crippen LogP contribution in [0.25, 0.3) is 0 Å². The number of rotatable bonds is 8. The number of aliphatic hydroxyl groups excluding tert-OH is 6. The number of dihydropyridines is 1. The third kappa shape index (κ3) is 11.7. The molecule has 0 bridgehead atoms. The molecule has 20 unspecified atom stereocenters. The van der Waals surface area contributed by atoms with Crippen molar-refractivity contribution < 1.29 is 40.5 Å². The lowest BCUT2D eigenvalue weighted by molar-refractivity contribution is -0.0747. The predicted octanol–water partition coefficient (Wildman–Crippen LogP) is 10.7. The van der Waals surface area contributed by atoms with Gasteiger partial charge in [-0.25, -0.2) is 0 Å². The second-order valence-corrected chi connectivity index (χ2v) is 30.0. The molecule has 0 radical (unpaired) electrons. The van der Waals surface area contributed by atoms with Crippen LogP contribution in [0.3, 0.4) is 0 Å². The van der Waals surface area contributed by atoms with Gasteiger partial charge in [-0.05, 0) is 194 Å². The van der Waals surface area contributed by atoms with Crippen molar-refractivity contribution >= 4 is 21.6 Å². The molecule has 86 heavy (non-hydrogen) atoms. The molecule has 2 aliphatic heterocycles. The molecule has 1 saturated heterocycles. The van der Waals surface area contributed by atoms with Gasteiger partial charge >= 0.3 is 0 Å². The van der Waals surface area contributed by atoms with Crippen LogP contribution in [-0.2, 0) is 25.7 Å². The molecule has 1 spiro atoms. The monoisotopic (exact) mass is 1200 g/mol. The number of aliphatic hydroxyl groups is 6. The summed E-state index contributed by atoms with van der Waals surface area (Å²) in [6.45, 7) is 2.49. The summed E-state index contributed by atoms with van der Waals surface area (Å²) in [7, 11) is 3.26. The molecular formula is C73H91N3O8S2. The van der Waals surface area contributed by atoms with Gasteiger partial charge in [0, 0.05) is 83.7 Å². The van der Waals surface area contributed by atoms with Crippen molar-refractivity contribution in [3.8, 4) is 23.3 Å². The molecule has 3 aromatic carbocycles. The first-order chi connectivity index (χ1) is 41.9. The molecule has 0 amide bonds. The van der Waals surface area contributed by atoms with Gasteiger partial charge in [-0.1, -0.05) is 138 Å². The summed E-state index contributed by atoms with van der Waals surface area (Å²) in [6.07, 6.45) is 18.4. The lowest BCUT2D eigenvalue weighted by Gasteiger charge is -2.58. The Morgan fingerprint density at radius 2 is 1.58 bits per heavy atom. The Balaban J connectivity index is 0.899. The summed E-state index contributed by atoms with van der Waals surface area (Å²) in [5, 5.41) is 89.0. The number of hydrogen-bond donors (Lipinski definition) is 10. The number of aromatic amines is 1. The second-order valence-electron chi connectivity index (χ2n) is 27.4. The lowest BCUT2D eigenvalue weighted by atomic mass is 9.45. The van der Waals surface area contributed by atoms with E-state index in [2.05, 4.69) is 114 Å². The number of phenols is 1. The molecule has 11 N–H and O–H groups in total. The number of phenolic OH excluding ortho intramolecular Hbond substituents is 1. The van der Waals surface area contributed by atoms with E-state index in [9.17, 15) is 35.7 Å². The molecule has 9 aliphatic rings. The van der Waals surface area contributed by atoms with E-state index in [0.29, 0.717) is 93.0 Å². The predicted molar refractivity (Wildman–Crippen MR) is 343 cm³/mol. The third-order valence-electron chi connectivity index (χ3n) is 23.0. The fourth-order valence-electron chi connectivity index (χ4n) is 18.7. The summed E-state index contributed by atoms with van der Waals surface area (Å²) >= 11 is 0.